The molecule has 1 fully saturated rings. The van der Waals surface area contributed by atoms with Crippen molar-refractivity contribution in [2.24, 2.45) is 17.3 Å². The molecule has 0 spiro atoms. The van der Waals surface area contributed by atoms with Gasteiger partial charge in [0.2, 0.25) is 0 Å². The van der Waals surface area contributed by atoms with E-state index in [0.717, 1.165) is 24.9 Å². The van der Waals surface area contributed by atoms with Crippen molar-refractivity contribution in [2.75, 3.05) is 19.6 Å². The summed E-state index contributed by atoms with van der Waals surface area (Å²) in [6, 6.07) is 0.683. The van der Waals surface area contributed by atoms with E-state index >= 15 is 0 Å². The highest BCUT2D eigenvalue weighted by Crippen LogP contribution is 2.29. The van der Waals surface area contributed by atoms with Gasteiger partial charge in [0, 0.05) is 31.2 Å². The van der Waals surface area contributed by atoms with Crippen molar-refractivity contribution in [3.63, 3.8) is 0 Å². The Kier molecular flexibility index (Phi) is 4.88. The molecule has 1 heterocycles. The molecule has 0 amide bonds. The van der Waals surface area contributed by atoms with Crippen LogP contribution in [0.5, 0.6) is 0 Å². The monoisotopic (exact) mass is 254 g/mol. The van der Waals surface area contributed by atoms with Gasteiger partial charge in [0.1, 0.15) is 0 Å². The summed E-state index contributed by atoms with van der Waals surface area (Å²) < 4.78 is 0. The summed E-state index contributed by atoms with van der Waals surface area (Å²) >= 11 is 0. The van der Waals surface area contributed by atoms with E-state index in [9.17, 15) is 0 Å². The molecule has 108 valence electrons. The highest BCUT2D eigenvalue weighted by atomic mass is 15.3. The van der Waals surface area contributed by atoms with Gasteiger partial charge in [-0.15, -0.1) is 0 Å². The molecule has 0 saturated carbocycles. The molecule has 0 aliphatic carbocycles. The highest BCUT2D eigenvalue weighted by Gasteiger charge is 2.35. The van der Waals surface area contributed by atoms with Gasteiger partial charge in [0.15, 0.2) is 0 Å². The number of nitrogens with one attached hydrogen (secondary N) is 1. The molecule has 0 radical (unpaired) electrons. The van der Waals surface area contributed by atoms with E-state index in [0.29, 0.717) is 11.5 Å². The normalized spacial score (nSPS) is 27.5. The van der Waals surface area contributed by atoms with Crippen molar-refractivity contribution < 1.29 is 0 Å². The number of piperazine rings is 1. The Morgan fingerprint density at radius 1 is 1.22 bits per heavy atom. The molecule has 2 atom stereocenters. The summed E-state index contributed by atoms with van der Waals surface area (Å²) in [4.78, 5) is 2.72. The maximum absolute atomic E-state index is 3.69. The number of hydrogen-bond acceptors (Lipinski definition) is 2. The Morgan fingerprint density at radius 3 is 2.22 bits per heavy atom. The second-order valence-corrected chi connectivity index (χ2v) is 8.27. The second kappa shape index (κ2) is 5.50. The number of nitrogens with zero attached hydrogens (tertiary/aromatic N) is 1. The minimum atomic E-state index is 0.253. The van der Waals surface area contributed by atoms with Gasteiger partial charge in [-0.25, -0.2) is 0 Å². The molecule has 1 rings (SSSR count). The fraction of sp³-hybridized carbons (Fsp3) is 1.00. The molecule has 1 N–H and O–H groups in total. The van der Waals surface area contributed by atoms with Gasteiger partial charge in [0.05, 0.1) is 0 Å². The van der Waals surface area contributed by atoms with Crippen LogP contribution in [0.15, 0.2) is 0 Å². The first-order valence-electron chi connectivity index (χ1n) is 7.52. The molecule has 1 aliphatic heterocycles. The van der Waals surface area contributed by atoms with Crippen LogP contribution in [0.25, 0.3) is 0 Å². The zero-order valence-corrected chi connectivity index (χ0v) is 13.8. The molecule has 18 heavy (non-hydrogen) atoms. The Labute approximate surface area is 115 Å². The first kappa shape index (κ1) is 16.0. The van der Waals surface area contributed by atoms with Gasteiger partial charge in [-0.1, -0.05) is 41.5 Å². The smallest absolute Gasteiger partial charge is 0.0252 e. The molecule has 0 bridgehead atoms. The molecule has 1 saturated heterocycles. The third-order valence-corrected chi connectivity index (χ3v) is 4.61. The van der Waals surface area contributed by atoms with Gasteiger partial charge in [-0.3, -0.25) is 4.90 Å². The minimum Gasteiger partial charge on any atom is -0.309 e. The molecule has 2 heteroatoms. The minimum absolute atomic E-state index is 0.253. The van der Waals surface area contributed by atoms with E-state index < -0.39 is 0 Å². The van der Waals surface area contributed by atoms with Crippen LogP contribution >= 0.6 is 0 Å². The zero-order valence-electron chi connectivity index (χ0n) is 13.8. The average Bonchev–Trinajstić information content (AvgIpc) is 2.13. The molecular weight excluding hydrogens is 220 g/mol. The van der Waals surface area contributed by atoms with Gasteiger partial charge in [-0.2, -0.15) is 0 Å². The third kappa shape index (κ3) is 4.24. The van der Waals surface area contributed by atoms with Crippen LogP contribution in [0, 0.1) is 17.3 Å². The molecule has 0 aromatic rings. The number of rotatable bonds is 3. The van der Waals surface area contributed by atoms with E-state index in [4.69, 9.17) is 0 Å². The van der Waals surface area contributed by atoms with Crippen LogP contribution in [0.3, 0.4) is 0 Å². The highest BCUT2D eigenvalue weighted by molar-refractivity contribution is 4.94. The molecule has 0 aromatic heterocycles. The lowest BCUT2D eigenvalue weighted by Gasteiger charge is -2.48. The largest absolute Gasteiger partial charge is 0.309 e. The molecule has 2 nitrogen and oxygen atoms in total. The van der Waals surface area contributed by atoms with Crippen LogP contribution in [0.2, 0.25) is 0 Å². The summed E-state index contributed by atoms with van der Waals surface area (Å²) in [5.74, 6) is 1.45. The lowest BCUT2D eigenvalue weighted by atomic mass is 9.80. The first-order valence-corrected chi connectivity index (χ1v) is 7.52. The van der Waals surface area contributed by atoms with Crippen LogP contribution in [-0.4, -0.2) is 36.1 Å². The van der Waals surface area contributed by atoms with E-state index in [1.165, 1.54) is 6.54 Å². The van der Waals surface area contributed by atoms with Crippen molar-refractivity contribution in [3.05, 3.63) is 0 Å². The molecule has 2 unspecified atom stereocenters. The zero-order chi connectivity index (χ0) is 14.1. The van der Waals surface area contributed by atoms with E-state index in [2.05, 4.69) is 65.6 Å². The summed E-state index contributed by atoms with van der Waals surface area (Å²) in [6.45, 7) is 22.3. The summed E-state index contributed by atoms with van der Waals surface area (Å²) in [6.07, 6.45) is 0. The van der Waals surface area contributed by atoms with Crippen molar-refractivity contribution in [3.8, 4) is 0 Å². The van der Waals surface area contributed by atoms with E-state index in [1.54, 1.807) is 0 Å². The fourth-order valence-corrected chi connectivity index (χ4v) is 2.67. The molecule has 1 aliphatic rings. The maximum atomic E-state index is 3.69. The fourth-order valence-electron chi connectivity index (χ4n) is 2.67. The number of hydrogen-bond donors (Lipinski definition) is 1. The van der Waals surface area contributed by atoms with Crippen molar-refractivity contribution in [2.45, 2.75) is 67.0 Å². The standard InChI is InChI=1S/C16H34N2/c1-12(2)14-9-17-16(7,8)11-18(14)10-13(3)15(4,5)6/h12-14,17H,9-11H2,1-8H3. The summed E-state index contributed by atoms with van der Waals surface area (Å²) in [5, 5.41) is 3.69. The Bertz CT molecular complexity index is 263. The summed E-state index contributed by atoms with van der Waals surface area (Å²) in [7, 11) is 0. The van der Waals surface area contributed by atoms with E-state index in [1.807, 2.05) is 0 Å². The average molecular weight is 254 g/mol. The third-order valence-electron chi connectivity index (χ3n) is 4.61. The van der Waals surface area contributed by atoms with Crippen LogP contribution in [0.1, 0.15) is 55.4 Å². The molecular formula is C16H34N2. The van der Waals surface area contributed by atoms with Crippen molar-refractivity contribution in [1.82, 2.24) is 10.2 Å². The maximum Gasteiger partial charge on any atom is 0.0252 e. The first-order chi connectivity index (χ1) is 8.03. The Morgan fingerprint density at radius 2 is 1.78 bits per heavy atom. The Balaban J connectivity index is 2.73. The van der Waals surface area contributed by atoms with Gasteiger partial charge in [-0.05, 0) is 31.1 Å². The van der Waals surface area contributed by atoms with E-state index in [-0.39, 0.29) is 5.54 Å². The van der Waals surface area contributed by atoms with Crippen LogP contribution in [-0.2, 0) is 0 Å². The van der Waals surface area contributed by atoms with Crippen molar-refractivity contribution in [1.29, 1.82) is 0 Å². The van der Waals surface area contributed by atoms with Gasteiger partial charge >= 0.3 is 0 Å². The van der Waals surface area contributed by atoms with Crippen LogP contribution < -0.4 is 5.32 Å². The predicted octanol–water partition coefficient (Wildman–Crippen LogP) is 3.38. The second-order valence-electron chi connectivity index (χ2n) is 8.27. The van der Waals surface area contributed by atoms with Gasteiger partial charge < -0.3 is 5.32 Å². The quantitative estimate of drug-likeness (QED) is 0.830. The van der Waals surface area contributed by atoms with Crippen molar-refractivity contribution >= 4 is 0 Å². The lowest BCUT2D eigenvalue weighted by molar-refractivity contribution is 0.0397. The van der Waals surface area contributed by atoms with Gasteiger partial charge in [0.25, 0.3) is 0 Å². The SMILES string of the molecule is CC(C)C1CNC(C)(C)CN1CC(C)C(C)(C)C. The topological polar surface area (TPSA) is 15.3 Å². The predicted molar refractivity (Wildman–Crippen MR) is 80.9 cm³/mol. The lowest BCUT2D eigenvalue weighted by Crippen LogP contribution is -2.63. The molecule has 0 aromatic carbocycles. The summed E-state index contributed by atoms with van der Waals surface area (Å²) in [5.41, 5.74) is 0.652. The van der Waals surface area contributed by atoms with Crippen LogP contribution in [0.4, 0.5) is 0 Å². The Hall–Kier alpha value is -0.0800.